The Kier molecular flexibility index (Phi) is 11.9. The van der Waals surface area contributed by atoms with E-state index in [-0.39, 0.29) is 45.5 Å². The molecule has 0 fully saturated rings. The molecule has 4 aromatic carbocycles. The highest BCUT2D eigenvalue weighted by Gasteiger charge is 2.35. The second-order valence-electron chi connectivity index (χ2n) is 11.5. The van der Waals surface area contributed by atoms with Crippen molar-refractivity contribution in [3.63, 3.8) is 0 Å². The van der Waals surface area contributed by atoms with Crippen molar-refractivity contribution in [2.75, 3.05) is 10.8 Å². The molecule has 0 aliphatic carbocycles. The van der Waals surface area contributed by atoms with Gasteiger partial charge >= 0.3 is 0 Å². The molecule has 4 aromatic rings. The number of anilines is 1. The molecular formula is C36H39Cl2N3O4S. The Morgan fingerprint density at radius 2 is 1.41 bits per heavy atom. The minimum atomic E-state index is -4.25. The quantitative estimate of drug-likeness (QED) is 0.160. The van der Waals surface area contributed by atoms with Crippen molar-refractivity contribution in [3.8, 4) is 0 Å². The molecule has 242 valence electrons. The maximum Gasteiger partial charge on any atom is 0.264 e. The number of nitrogens with zero attached hydrogens (tertiary/aromatic N) is 2. The molecule has 10 heteroatoms. The zero-order valence-electron chi connectivity index (χ0n) is 26.4. The number of nitrogens with one attached hydrogen (secondary N) is 1. The summed E-state index contributed by atoms with van der Waals surface area (Å²) in [6.45, 7) is 7.21. The molecule has 2 amide bonds. The molecule has 2 unspecified atom stereocenters. The van der Waals surface area contributed by atoms with Gasteiger partial charge in [-0.1, -0.05) is 108 Å². The van der Waals surface area contributed by atoms with Crippen molar-refractivity contribution in [1.82, 2.24) is 10.2 Å². The van der Waals surface area contributed by atoms with Crippen LogP contribution in [0, 0.1) is 13.8 Å². The van der Waals surface area contributed by atoms with Gasteiger partial charge < -0.3 is 10.2 Å². The molecule has 0 spiro atoms. The first-order valence-electron chi connectivity index (χ1n) is 15.1. The largest absolute Gasteiger partial charge is 0.352 e. The van der Waals surface area contributed by atoms with Gasteiger partial charge in [0.05, 0.1) is 20.6 Å². The fourth-order valence-corrected chi connectivity index (χ4v) is 6.59. The first kappa shape index (κ1) is 35.0. The highest BCUT2D eigenvalue weighted by molar-refractivity contribution is 7.92. The fraction of sp³-hybridized carbons (Fsp3) is 0.278. The molecule has 0 heterocycles. The van der Waals surface area contributed by atoms with Gasteiger partial charge in [-0.25, -0.2) is 8.42 Å². The zero-order chi connectivity index (χ0) is 33.4. The van der Waals surface area contributed by atoms with Crippen molar-refractivity contribution in [2.24, 2.45) is 0 Å². The molecule has 0 bridgehead atoms. The van der Waals surface area contributed by atoms with Gasteiger partial charge in [-0.2, -0.15) is 0 Å². The number of aryl methyl sites for hydroxylation is 2. The number of rotatable bonds is 13. The van der Waals surface area contributed by atoms with Crippen molar-refractivity contribution >= 4 is 50.7 Å². The summed E-state index contributed by atoms with van der Waals surface area (Å²) in [7, 11) is -4.25. The van der Waals surface area contributed by atoms with Crippen LogP contribution >= 0.6 is 23.2 Å². The average molecular weight is 681 g/mol. The molecule has 2 atom stereocenters. The van der Waals surface area contributed by atoms with E-state index in [0.29, 0.717) is 6.42 Å². The first-order chi connectivity index (χ1) is 21.9. The van der Waals surface area contributed by atoms with Crippen molar-refractivity contribution in [2.45, 2.75) is 64.1 Å². The van der Waals surface area contributed by atoms with Crippen LogP contribution in [0.2, 0.25) is 10.0 Å². The van der Waals surface area contributed by atoms with Crippen LogP contribution in [0.1, 0.15) is 42.5 Å². The molecule has 4 rings (SSSR count). The molecule has 1 N–H and O–H groups in total. The van der Waals surface area contributed by atoms with Crippen molar-refractivity contribution in [1.29, 1.82) is 0 Å². The van der Waals surface area contributed by atoms with Gasteiger partial charge in [-0.05, 0) is 68.7 Å². The van der Waals surface area contributed by atoms with E-state index in [4.69, 9.17) is 23.2 Å². The van der Waals surface area contributed by atoms with E-state index in [2.05, 4.69) is 5.32 Å². The van der Waals surface area contributed by atoms with Crippen LogP contribution < -0.4 is 9.62 Å². The predicted molar refractivity (Wildman–Crippen MR) is 186 cm³/mol. The Bertz CT molecular complexity index is 1750. The van der Waals surface area contributed by atoms with Crippen LogP contribution in [-0.4, -0.2) is 43.8 Å². The minimum absolute atomic E-state index is 0.0115. The van der Waals surface area contributed by atoms with E-state index in [1.54, 1.807) is 12.1 Å². The monoisotopic (exact) mass is 679 g/mol. The smallest absolute Gasteiger partial charge is 0.264 e. The molecule has 0 aliphatic rings. The molecule has 7 nitrogen and oxygen atoms in total. The van der Waals surface area contributed by atoms with E-state index >= 15 is 0 Å². The number of hydrogen-bond acceptors (Lipinski definition) is 4. The number of benzene rings is 4. The molecule has 0 aliphatic heterocycles. The summed E-state index contributed by atoms with van der Waals surface area (Å²) in [4.78, 5) is 30.0. The normalized spacial score (nSPS) is 12.7. The van der Waals surface area contributed by atoms with Gasteiger partial charge in [0.25, 0.3) is 10.0 Å². The number of carbonyl (C=O) groups is 2. The SMILES string of the molecule is CCC(C)NC(=O)C(Cc1ccccc1)N(Cc1ccc(C)cc1)C(=O)CN(c1ccc(Cl)c(Cl)c1)S(=O)(=O)c1ccc(C)cc1. The maximum absolute atomic E-state index is 14.6. The lowest BCUT2D eigenvalue weighted by Gasteiger charge is -2.34. The van der Waals surface area contributed by atoms with Gasteiger partial charge in [0.15, 0.2) is 0 Å². The lowest BCUT2D eigenvalue weighted by atomic mass is 10.0. The number of hydrogen-bond donors (Lipinski definition) is 1. The fourth-order valence-electron chi connectivity index (χ4n) is 4.89. The standard InChI is InChI=1S/C36H39Cl2N3O4S/c1-5-27(4)39-36(43)34(21-28-9-7-6-8-10-28)40(23-29-15-11-25(2)12-16-29)35(42)24-41(30-17-20-32(37)33(38)22-30)46(44,45)31-18-13-26(3)14-19-31/h6-20,22,27,34H,5,21,23-24H2,1-4H3,(H,39,43). The molecule has 0 saturated carbocycles. The van der Waals surface area contributed by atoms with Crippen LogP contribution in [-0.2, 0) is 32.6 Å². The minimum Gasteiger partial charge on any atom is -0.352 e. The summed E-state index contributed by atoms with van der Waals surface area (Å²) < 4.78 is 29.4. The molecule has 0 radical (unpaired) electrons. The molecule has 46 heavy (non-hydrogen) atoms. The molecular weight excluding hydrogens is 641 g/mol. The summed E-state index contributed by atoms with van der Waals surface area (Å²) in [5.41, 5.74) is 3.77. The Hall–Kier alpha value is -3.85. The summed E-state index contributed by atoms with van der Waals surface area (Å²) >= 11 is 12.5. The third kappa shape index (κ3) is 8.90. The van der Waals surface area contributed by atoms with Crippen molar-refractivity contribution < 1.29 is 18.0 Å². The number of sulfonamides is 1. The lowest BCUT2D eigenvalue weighted by molar-refractivity contribution is -0.140. The highest BCUT2D eigenvalue weighted by Crippen LogP contribution is 2.31. The van der Waals surface area contributed by atoms with Crippen molar-refractivity contribution in [3.05, 3.63) is 129 Å². The van der Waals surface area contributed by atoms with Crippen LogP contribution in [0.15, 0.2) is 102 Å². The van der Waals surface area contributed by atoms with E-state index in [1.807, 2.05) is 82.3 Å². The van der Waals surface area contributed by atoms with E-state index in [0.717, 1.165) is 26.6 Å². The van der Waals surface area contributed by atoms with E-state index in [9.17, 15) is 18.0 Å². The van der Waals surface area contributed by atoms with Gasteiger partial charge in [0, 0.05) is 19.0 Å². The number of carbonyl (C=O) groups excluding carboxylic acids is 2. The van der Waals surface area contributed by atoms with Gasteiger partial charge in [0.1, 0.15) is 12.6 Å². The Labute approximate surface area is 282 Å². The predicted octanol–water partition coefficient (Wildman–Crippen LogP) is 7.36. The second kappa shape index (κ2) is 15.6. The second-order valence-corrected chi connectivity index (χ2v) is 14.1. The third-order valence-corrected chi connectivity index (χ3v) is 10.4. The van der Waals surface area contributed by atoms with Gasteiger partial charge in [-0.3, -0.25) is 13.9 Å². The van der Waals surface area contributed by atoms with E-state index < -0.39 is 28.5 Å². The van der Waals surface area contributed by atoms with E-state index in [1.165, 1.54) is 35.2 Å². The van der Waals surface area contributed by atoms with Crippen LogP contribution in [0.3, 0.4) is 0 Å². The Balaban J connectivity index is 1.82. The van der Waals surface area contributed by atoms with Gasteiger partial charge in [0.2, 0.25) is 11.8 Å². The molecule has 0 saturated heterocycles. The number of amides is 2. The summed E-state index contributed by atoms with van der Waals surface area (Å²) in [5.74, 6) is -0.872. The van der Waals surface area contributed by atoms with Crippen LogP contribution in [0.5, 0.6) is 0 Å². The number of halogens is 2. The average Bonchev–Trinajstić information content (AvgIpc) is 3.04. The Morgan fingerprint density at radius 1 is 0.804 bits per heavy atom. The third-order valence-electron chi connectivity index (χ3n) is 7.82. The Morgan fingerprint density at radius 3 is 2.00 bits per heavy atom. The highest BCUT2D eigenvalue weighted by atomic mass is 35.5. The summed E-state index contributed by atoms with van der Waals surface area (Å²) in [5, 5.41) is 3.43. The maximum atomic E-state index is 14.6. The lowest BCUT2D eigenvalue weighted by Crippen LogP contribution is -2.54. The van der Waals surface area contributed by atoms with Crippen LogP contribution in [0.25, 0.3) is 0 Å². The summed E-state index contributed by atoms with van der Waals surface area (Å²) in [6.07, 6.45) is 0.938. The van der Waals surface area contributed by atoms with Crippen LogP contribution in [0.4, 0.5) is 5.69 Å². The first-order valence-corrected chi connectivity index (χ1v) is 17.3. The van der Waals surface area contributed by atoms with Gasteiger partial charge in [-0.15, -0.1) is 0 Å². The zero-order valence-corrected chi connectivity index (χ0v) is 28.7. The topological polar surface area (TPSA) is 86.8 Å². The molecule has 0 aromatic heterocycles. The summed E-state index contributed by atoms with van der Waals surface area (Å²) in [6, 6.07) is 26.9.